The fraction of sp³-hybridized carbons (Fsp3) is 0.310. The van der Waals surface area contributed by atoms with Gasteiger partial charge in [-0.15, -0.1) is 0 Å². The Morgan fingerprint density at radius 1 is 1.02 bits per heavy atom. The van der Waals surface area contributed by atoms with Crippen molar-refractivity contribution >= 4 is 22.2 Å². The van der Waals surface area contributed by atoms with Crippen LogP contribution in [0.15, 0.2) is 71.6 Å². The van der Waals surface area contributed by atoms with Crippen LogP contribution in [0.1, 0.15) is 46.9 Å². The number of nitrogens with one attached hydrogen (secondary N) is 1. The summed E-state index contributed by atoms with van der Waals surface area (Å²) >= 11 is 0. The van der Waals surface area contributed by atoms with E-state index in [4.69, 9.17) is 9.15 Å². The van der Waals surface area contributed by atoms with Crippen LogP contribution in [0.25, 0.3) is 12.2 Å². The minimum atomic E-state index is -4.36. The molecule has 0 fully saturated rings. The summed E-state index contributed by atoms with van der Waals surface area (Å²) in [6.45, 7) is 1.35. The molecule has 0 unspecified atom stereocenters. The first-order valence-corrected chi connectivity index (χ1v) is 14.9. The summed E-state index contributed by atoms with van der Waals surface area (Å²) in [7, 11) is -3.21. The molecule has 0 radical (unpaired) electrons. The van der Waals surface area contributed by atoms with Gasteiger partial charge in [-0.1, -0.05) is 24.3 Å². The summed E-state index contributed by atoms with van der Waals surface area (Å²) in [5, 5.41) is 0. The average molecular weight is 589 g/mol. The summed E-state index contributed by atoms with van der Waals surface area (Å²) < 4.78 is 76.3. The van der Waals surface area contributed by atoms with Crippen molar-refractivity contribution in [1.82, 2.24) is 19.3 Å². The number of ether oxygens (including phenoxy) is 1. The molecule has 4 aromatic rings. The van der Waals surface area contributed by atoms with Gasteiger partial charge in [-0.05, 0) is 60.7 Å². The number of alkyl halides is 3. The molecule has 218 valence electrons. The van der Waals surface area contributed by atoms with Crippen LogP contribution < -0.4 is 9.46 Å². The zero-order chi connectivity index (χ0) is 29.3. The van der Waals surface area contributed by atoms with Crippen LogP contribution in [-0.2, 0) is 42.2 Å². The largest absolute Gasteiger partial charge is 0.487 e. The second-order valence-electron chi connectivity index (χ2n) is 9.47. The van der Waals surface area contributed by atoms with Crippen molar-refractivity contribution in [2.45, 2.75) is 45.0 Å². The lowest BCUT2D eigenvalue weighted by Gasteiger charge is -2.09. The van der Waals surface area contributed by atoms with Gasteiger partial charge in [-0.25, -0.2) is 23.1 Å². The van der Waals surface area contributed by atoms with Crippen LogP contribution >= 0.6 is 0 Å². The molecule has 0 aliphatic heterocycles. The van der Waals surface area contributed by atoms with Gasteiger partial charge in [0.1, 0.15) is 30.1 Å². The molecule has 0 aliphatic carbocycles. The molecular formula is C29H31F3N4O4S. The van der Waals surface area contributed by atoms with E-state index in [0.717, 1.165) is 50.0 Å². The summed E-state index contributed by atoms with van der Waals surface area (Å²) in [4.78, 5) is 8.65. The van der Waals surface area contributed by atoms with Crippen molar-refractivity contribution in [2.75, 3.05) is 12.8 Å². The van der Waals surface area contributed by atoms with E-state index in [-0.39, 0.29) is 6.61 Å². The Morgan fingerprint density at radius 3 is 2.49 bits per heavy atom. The number of unbranched alkanes of at least 4 members (excludes halogenated alkanes) is 1. The SMILES string of the molecule is CS(=O)(=O)NCCc1nccn1CCCCc1ccc(OCc2coc(/C=C/c3ccc(C(F)(F)F)cc3)n2)cc1. The number of benzene rings is 2. The maximum atomic E-state index is 12.7. The number of aryl methyl sites for hydroxylation is 2. The van der Waals surface area contributed by atoms with Crippen LogP contribution in [0, 0.1) is 0 Å². The van der Waals surface area contributed by atoms with E-state index in [0.29, 0.717) is 35.9 Å². The molecule has 1 N–H and O–H groups in total. The number of nitrogens with zero attached hydrogens (tertiary/aromatic N) is 3. The highest BCUT2D eigenvalue weighted by Crippen LogP contribution is 2.29. The maximum absolute atomic E-state index is 12.7. The molecule has 0 spiro atoms. The highest BCUT2D eigenvalue weighted by molar-refractivity contribution is 7.88. The fourth-order valence-electron chi connectivity index (χ4n) is 4.06. The third-order valence-electron chi connectivity index (χ3n) is 6.16. The summed E-state index contributed by atoms with van der Waals surface area (Å²) in [6.07, 6.45) is 8.52. The molecule has 0 amide bonds. The van der Waals surface area contributed by atoms with Crippen molar-refractivity contribution in [3.05, 3.63) is 101 Å². The molecule has 0 saturated heterocycles. The normalized spacial score (nSPS) is 12.3. The fourth-order valence-corrected chi connectivity index (χ4v) is 4.53. The number of halogens is 3. The topological polar surface area (TPSA) is 99.2 Å². The second kappa shape index (κ2) is 13.6. The van der Waals surface area contributed by atoms with Crippen LogP contribution in [0.4, 0.5) is 13.2 Å². The standard InChI is InChI=1S/C29H31F3N4O4S/c1-41(37,38)34-16-15-27-33-17-19-36(27)18-3-2-4-22-7-12-26(13-8-22)39-20-25-21-40-28(35-25)14-9-23-5-10-24(11-6-23)29(30,31)32/h5-14,17,19,21,34H,2-4,15-16,18,20H2,1H3/b14-9+. The van der Waals surface area contributed by atoms with Gasteiger partial charge in [0.2, 0.25) is 15.9 Å². The molecule has 0 aliphatic rings. The molecule has 2 aromatic heterocycles. The van der Waals surface area contributed by atoms with Crippen LogP contribution in [0.3, 0.4) is 0 Å². The Morgan fingerprint density at radius 2 is 1.78 bits per heavy atom. The highest BCUT2D eigenvalue weighted by Gasteiger charge is 2.29. The smallest absolute Gasteiger partial charge is 0.416 e. The lowest BCUT2D eigenvalue weighted by atomic mass is 10.1. The van der Waals surface area contributed by atoms with Crippen LogP contribution in [-0.4, -0.2) is 35.8 Å². The monoisotopic (exact) mass is 588 g/mol. The number of oxazole rings is 1. The van der Waals surface area contributed by atoms with E-state index in [9.17, 15) is 21.6 Å². The van der Waals surface area contributed by atoms with E-state index >= 15 is 0 Å². The van der Waals surface area contributed by atoms with E-state index in [2.05, 4.69) is 19.3 Å². The van der Waals surface area contributed by atoms with Gasteiger partial charge in [0.25, 0.3) is 0 Å². The Kier molecular flexibility index (Phi) is 10.0. The van der Waals surface area contributed by atoms with Gasteiger partial charge >= 0.3 is 6.18 Å². The minimum absolute atomic E-state index is 0.212. The third-order valence-corrected chi connectivity index (χ3v) is 6.89. The van der Waals surface area contributed by atoms with Gasteiger partial charge in [0, 0.05) is 38.0 Å². The van der Waals surface area contributed by atoms with E-state index < -0.39 is 21.8 Å². The highest BCUT2D eigenvalue weighted by atomic mass is 32.2. The Balaban J connectivity index is 1.17. The molecule has 0 bridgehead atoms. The number of hydrogen-bond acceptors (Lipinski definition) is 6. The van der Waals surface area contributed by atoms with Crippen molar-refractivity contribution in [2.24, 2.45) is 0 Å². The van der Waals surface area contributed by atoms with Crippen molar-refractivity contribution in [1.29, 1.82) is 0 Å². The zero-order valence-corrected chi connectivity index (χ0v) is 23.3. The third kappa shape index (κ3) is 9.90. The van der Waals surface area contributed by atoms with Crippen molar-refractivity contribution in [3.8, 4) is 5.75 Å². The predicted molar refractivity (Wildman–Crippen MR) is 149 cm³/mol. The molecule has 2 aromatic carbocycles. The minimum Gasteiger partial charge on any atom is -0.487 e. The lowest BCUT2D eigenvalue weighted by molar-refractivity contribution is -0.137. The number of hydrogen-bond donors (Lipinski definition) is 1. The quantitative estimate of drug-likeness (QED) is 0.188. The maximum Gasteiger partial charge on any atom is 0.416 e. The first kappa shape index (κ1) is 30.1. The molecular weight excluding hydrogens is 557 g/mol. The summed E-state index contributed by atoms with van der Waals surface area (Å²) in [6, 6.07) is 12.7. The number of aromatic nitrogens is 3. The molecule has 41 heavy (non-hydrogen) atoms. The van der Waals surface area contributed by atoms with Gasteiger partial charge < -0.3 is 13.7 Å². The van der Waals surface area contributed by atoms with Crippen molar-refractivity contribution < 1.29 is 30.7 Å². The number of sulfonamides is 1. The summed E-state index contributed by atoms with van der Waals surface area (Å²) in [5.41, 5.74) is 1.68. The Hall–Kier alpha value is -3.90. The number of rotatable bonds is 14. The number of imidazole rings is 1. The second-order valence-corrected chi connectivity index (χ2v) is 11.3. The van der Waals surface area contributed by atoms with Gasteiger partial charge in [-0.2, -0.15) is 13.2 Å². The Bertz CT molecular complexity index is 1530. The molecule has 0 atom stereocenters. The van der Waals surface area contributed by atoms with E-state index in [1.165, 1.54) is 24.0 Å². The summed E-state index contributed by atoms with van der Waals surface area (Å²) in [5.74, 6) is 1.88. The molecule has 4 rings (SSSR count). The van der Waals surface area contributed by atoms with Gasteiger partial charge in [0.15, 0.2) is 0 Å². The van der Waals surface area contributed by atoms with E-state index in [1.807, 2.05) is 30.5 Å². The van der Waals surface area contributed by atoms with Crippen LogP contribution in [0.2, 0.25) is 0 Å². The first-order chi connectivity index (χ1) is 19.5. The molecule has 8 nitrogen and oxygen atoms in total. The molecule has 12 heteroatoms. The average Bonchev–Trinajstić information content (AvgIpc) is 3.58. The van der Waals surface area contributed by atoms with Gasteiger partial charge in [0.05, 0.1) is 11.8 Å². The zero-order valence-electron chi connectivity index (χ0n) is 22.5. The van der Waals surface area contributed by atoms with Crippen molar-refractivity contribution in [3.63, 3.8) is 0 Å². The Labute approximate surface area is 237 Å². The lowest BCUT2D eigenvalue weighted by Crippen LogP contribution is -2.25. The predicted octanol–water partition coefficient (Wildman–Crippen LogP) is 5.75. The molecule has 2 heterocycles. The van der Waals surface area contributed by atoms with Crippen LogP contribution in [0.5, 0.6) is 5.75 Å². The van der Waals surface area contributed by atoms with E-state index in [1.54, 1.807) is 18.3 Å². The molecule has 0 saturated carbocycles. The first-order valence-electron chi connectivity index (χ1n) is 13.0. The van der Waals surface area contributed by atoms with Gasteiger partial charge in [-0.3, -0.25) is 0 Å².